The molecule has 1 atom stereocenters. The molecule has 15 heavy (non-hydrogen) atoms. The summed E-state index contributed by atoms with van der Waals surface area (Å²) in [4.78, 5) is 2.38. The Hall–Kier alpha value is -0.240. The molecule has 0 aromatic carbocycles. The van der Waals surface area contributed by atoms with Crippen molar-refractivity contribution in [1.29, 1.82) is 0 Å². The minimum Gasteiger partial charge on any atom is -0.301 e. The van der Waals surface area contributed by atoms with E-state index in [2.05, 4.69) is 29.9 Å². The van der Waals surface area contributed by atoms with Crippen LogP contribution in [0.25, 0.3) is 0 Å². The van der Waals surface area contributed by atoms with E-state index in [1.165, 1.54) is 0 Å². The van der Waals surface area contributed by atoms with Crippen LogP contribution in [0.5, 0.6) is 0 Å². The summed E-state index contributed by atoms with van der Waals surface area (Å²) in [6.45, 7) is 6.42. The molecular weight excluding hydrogens is 234 g/mol. The maximum Gasteiger partial charge on any atom is 0.300 e. The first-order valence-electron chi connectivity index (χ1n) is 5.07. The molecule has 1 rings (SSSR count). The summed E-state index contributed by atoms with van der Waals surface area (Å²) in [7, 11) is 1.34. The number of halogens is 1. The highest BCUT2D eigenvalue weighted by molar-refractivity contribution is 8.17. The van der Waals surface area contributed by atoms with E-state index in [9.17, 15) is 8.42 Å². The van der Waals surface area contributed by atoms with Gasteiger partial charge in [-0.15, -0.1) is 0 Å². The number of likely N-dealkylation sites (tertiary alicyclic amines) is 1. The van der Waals surface area contributed by atoms with Gasteiger partial charge in [0.25, 0.3) is 0 Å². The number of hydrogen-bond acceptors (Lipinski definition) is 3. The van der Waals surface area contributed by atoms with E-state index in [0.29, 0.717) is 18.4 Å². The van der Waals surface area contributed by atoms with Crippen molar-refractivity contribution >= 4 is 19.7 Å². The zero-order valence-electron chi connectivity index (χ0n) is 9.03. The van der Waals surface area contributed by atoms with Gasteiger partial charge >= 0.3 is 9.05 Å². The van der Waals surface area contributed by atoms with Gasteiger partial charge in [-0.25, -0.2) is 0 Å². The van der Waals surface area contributed by atoms with Crippen LogP contribution in [0.15, 0.2) is 0 Å². The minimum absolute atomic E-state index is 0.485. The molecule has 0 N–H and O–H groups in total. The molecule has 0 bridgehead atoms. The molecule has 1 fully saturated rings. The van der Waals surface area contributed by atoms with Gasteiger partial charge in [-0.1, -0.05) is 5.92 Å². The second-order valence-electron chi connectivity index (χ2n) is 4.16. The average molecular weight is 250 g/mol. The third-order valence-electron chi connectivity index (χ3n) is 2.63. The SMILES string of the molecule is CC(C)N1CCC(CC#CS(=O)(=O)Cl)C1. The summed E-state index contributed by atoms with van der Waals surface area (Å²) in [5, 5.41) is 2.06. The van der Waals surface area contributed by atoms with Gasteiger partial charge in [-0.2, -0.15) is 8.42 Å². The molecular formula is C10H16ClNO2S. The minimum atomic E-state index is -3.65. The number of rotatable bonds is 2. The predicted molar refractivity (Wildman–Crippen MR) is 62.0 cm³/mol. The van der Waals surface area contributed by atoms with E-state index in [0.717, 1.165) is 19.5 Å². The summed E-state index contributed by atoms with van der Waals surface area (Å²) in [5.41, 5.74) is 0. The van der Waals surface area contributed by atoms with E-state index in [1.54, 1.807) is 0 Å². The number of nitrogens with zero attached hydrogens (tertiary/aromatic N) is 1. The average Bonchev–Trinajstić information content (AvgIpc) is 2.50. The quantitative estimate of drug-likeness (QED) is 0.552. The molecule has 0 aromatic heterocycles. The van der Waals surface area contributed by atoms with Crippen molar-refractivity contribution < 1.29 is 8.42 Å². The van der Waals surface area contributed by atoms with Crippen LogP contribution < -0.4 is 0 Å². The Morgan fingerprint density at radius 3 is 2.67 bits per heavy atom. The maximum atomic E-state index is 10.6. The van der Waals surface area contributed by atoms with Gasteiger partial charge in [0.15, 0.2) is 0 Å². The largest absolute Gasteiger partial charge is 0.301 e. The highest BCUT2D eigenvalue weighted by Crippen LogP contribution is 2.20. The molecule has 1 aliphatic heterocycles. The Balaban J connectivity index is 2.39. The van der Waals surface area contributed by atoms with E-state index >= 15 is 0 Å². The topological polar surface area (TPSA) is 37.4 Å². The third kappa shape index (κ3) is 4.87. The lowest BCUT2D eigenvalue weighted by Gasteiger charge is -2.19. The Labute approximate surface area is 96.2 Å². The van der Waals surface area contributed by atoms with Crippen molar-refractivity contribution in [3.63, 3.8) is 0 Å². The Kier molecular flexibility index (Phi) is 4.45. The van der Waals surface area contributed by atoms with Gasteiger partial charge in [-0.3, -0.25) is 0 Å². The number of hydrogen-bond donors (Lipinski definition) is 0. The molecule has 0 saturated carbocycles. The second kappa shape index (κ2) is 5.20. The van der Waals surface area contributed by atoms with Gasteiger partial charge in [0.1, 0.15) is 0 Å². The highest BCUT2D eigenvalue weighted by Gasteiger charge is 2.23. The molecule has 5 heteroatoms. The van der Waals surface area contributed by atoms with Crippen LogP contribution in [0.3, 0.4) is 0 Å². The van der Waals surface area contributed by atoms with E-state index in [-0.39, 0.29) is 0 Å². The van der Waals surface area contributed by atoms with Crippen molar-refractivity contribution in [3.05, 3.63) is 0 Å². The summed E-state index contributed by atoms with van der Waals surface area (Å²) in [6.07, 6.45) is 1.71. The van der Waals surface area contributed by atoms with Gasteiger partial charge in [0.05, 0.1) is 0 Å². The van der Waals surface area contributed by atoms with Gasteiger partial charge < -0.3 is 4.90 Å². The molecule has 1 aliphatic rings. The van der Waals surface area contributed by atoms with Crippen molar-refractivity contribution in [2.75, 3.05) is 13.1 Å². The second-order valence-corrected chi connectivity index (χ2v) is 6.46. The summed E-state index contributed by atoms with van der Waals surface area (Å²) < 4.78 is 21.1. The normalized spacial score (nSPS) is 22.8. The fourth-order valence-electron chi connectivity index (χ4n) is 1.77. The first kappa shape index (κ1) is 12.8. The monoisotopic (exact) mass is 249 g/mol. The lowest BCUT2D eigenvalue weighted by Crippen LogP contribution is -2.28. The predicted octanol–water partition coefficient (Wildman–Crippen LogP) is 1.64. The third-order valence-corrected chi connectivity index (χ3v) is 3.25. The van der Waals surface area contributed by atoms with Crippen molar-refractivity contribution in [1.82, 2.24) is 4.90 Å². The molecule has 0 spiro atoms. The van der Waals surface area contributed by atoms with Crippen LogP contribution in [0.2, 0.25) is 0 Å². The van der Waals surface area contributed by atoms with Crippen LogP contribution in [-0.4, -0.2) is 32.4 Å². The Morgan fingerprint density at radius 1 is 1.53 bits per heavy atom. The van der Waals surface area contributed by atoms with Crippen molar-refractivity contribution in [3.8, 4) is 11.2 Å². The van der Waals surface area contributed by atoms with E-state index < -0.39 is 9.05 Å². The lowest BCUT2D eigenvalue weighted by atomic mass is 10.1. The van der Waals surface area contributed by atoms with Crippen LogP contribution in [0.1, 0.15) is 26.7 Å². The van der Waals surface area contributed by atoms with Crippen molar-refractivity contribution in [2.45, 2.75) is 32.7 Å². The summed E-state index contributed by atoms with van der Waals surface area (Å²) >= 11 is 0. The maximum absolute atomic E-state index is 10.6. The van der Waals surface area contributed by atoms with Crippen molar-refractivity contribution in [2.24, 2.45) is 5.92 Å². The molecule has 86 valence electrons. The first-order chi connectivity index (χ1) is 6.88. The first-order valence-corrected chi connectivity index (χ1v) is 7.37. The Morgan fingerprint density at radius 2 is 2.20 bits per heavy atom. The zero-order valence-corrected chi connectivity index (χ0v) is 10.6. The smallest absolute Gasteiger partial charge is 0.300 e. The molecule has 0 aromatic rings. The molecule has 1 saturated heterocycles. The Bertz CT molecular complexity index is 367. The van der Waals surface area contributed by atoms with Crippen LogP contribution in [0.4, 0.5) is 0 Å². The highest BCUT2D eigenvalue weighted by atomic mass is 35.7. The fraction of sp³-hybridized carbons (Fsp3) is 0.800. The molecule has 0 radical (unpaired) electrons. The van der Waals surface area contributed by atoms with Crippen LogP contribution in [-0.2, 0) is 9.05 Å². The standard InChI is InChI=1S/C10H16ClNO2S/c1-9(2)12-6-5-10(8-12)4-3-7-15(11,13)14/h9-10H,4-6,8H2,1-2H3. The van der Waals surface area contributed by atoms with Crippen LogP contribution >= 0.6 is 10.7 Å². The van der Waals surface area contributed by atoms with Gasteiger partial charge in [0, 0.05) is 34.9 Å². The van der Waals surface area contributed by atoms with E-state index in [4.69, 9.17) is 10.7 Å². The van der Waals surface area contributed by atoms with Gasteiger partial charge in [-0.05, 0) is 32.7 Å². The van der Waals surface area contributed by atoms with Crippen LogP contribution in [0, 0.1) is 17.1 Å². The zero-order chi connectivity index (χ0) is 11.5. The fourth-order valence-corrected chi connectivity index (χ4v) is 2.19. The lowest BCUT2D eigenvalue weighted by molar-refractivity contribution is 0.266. The molecule has 1 heterocycles. The molecule has 3 nitrogen and oxygen atoms in total. The van der Waals surface area contributed by atoms with Gasteiger partial charge in [0.2, 0.25) is 0 Å². The molecule has 1 unspecified atom stereocenters. The molecule has 0 amide bonds. The molecule has 0 aliphatic carbocycles. The van der Waals surface area contributed by atoms with E-state index in [1.807, 2.05) is 0 Å². The summed E-state index contributed by atoms with van der Waals surface area (Å²) in [5.74, 6) is 3.11. The summed E-state index contributed by atoms with van der Waals surface area (Å²) in [6, 6.07) is 0.555.